The highest BCUT2D eigenvalue weighted by Crippen LogP contribution is 2.33. The van der Waals surface area contributed by atoms with Gasteiger partial charge in [0.1, 0.15) is 0 Å². The predicted molar refractivity (Wildman–Crippen MR) is 103 cm³/mol. The number of aromatic nitrogens is 2. The van der Waals surface area contributed by atoms with E-state index in [1.54, 1.807) is 36.5 Å². The van der Waals surface area contributed by atoms with Crippen LogP contribution in [0.1, 0.15) is 5.56 Å². The van der Waals surface area contributed by atoms with Crippen LogP contribution in [0.15, 0.2) is 83.1 Å². The summed E-state index contributed by atoms with van der Waals surface area (Å²) in [5.74, 6) is -0.847. The number of carbonyl (C=O) groups is 1. The molecule has 0 radical (unpaired) electrons. The summed E-state index contributed by atoms with van der Waals surface area (Å²) in [6.07, 6.45) is -0.546. The molecule has 0 bridgehead atoms. The maximum absolute atomic E-state index is 13.3. The maximum Gasteiger partial charge on any atom is 0.417 e. The highest BCUT2D eigenvalue weighted by atomic mass is 32.2. The molecule has 144 valence electrons. The Morgan fingerprint density at radius 3 is 2.36 bits per heavy atom. The van der Waals surface area contributed by atoms with Gasteiger partial charge in [-0.15, -0.1) is 0 Å². The number of allylic oxidation sites excluding steroid dienone is 1. The van der Waals surface area contributed by atoms with Crippen LogP contribution in [0, 0.1) is 0 Å². The standard InChI is InChI=1S/C20H16F3N3OS/c1-26-12-11-24-19(26)28-16-9-7-15(8-10-16)25-18(27)13-17(20(21,22)23)14-5-3-2-4-6-14/h2-13H,1H3,(H,25,27)/b17-13-. The Balaban J connectivity index is 1.72. The van der Waals surface area contributed by atoms with Crippen molar-refractivity contribution in [2.24, 2.45) is 7.05 Å². The van der Waals surface area contributed by atoms with Crippen molar-refractivity contribution < 1.29 is 18.0 Å². The van der Waals surface area contributed by atoms with Gasteiger partial charge in [0.15, 0.2) is 5.16 Å². The number of hydrogen-bond donors (Lipinski definition) is 1. The average molecular weight is 403 g/mol. The van der Waals surface area contributed by atoms with Crippen LogP contribution in [0.3, 0.4) is 0 Å². The van der Waals surface area contributed by atoms with E-state index in [2.05, 4.69) is 10.3 Å². The summed E-state index contributed by atoms with van der Waals surface area (Å²) in [6, 6.07) is 14.0. The van der Waals surface area contributed by atoms with Crippen LogP contribution in [-0.2, 0) is 11.8 Å². The van der Waals surface area contributed by atoms with E-state index < -0.39 is 17.7 Å². The van der Waals surface area contributed by atoms with E-state index in [9.17, 15) is 18.0 Å². The summed E-state index contributed by atoms with van der Waals surface area (Å²) in [6.45, 7) is 0. The lowest BCUT2D eigenvalue weighted by Gasteiger charge is -2.12. The molecule has 2 aromatic carbocycles. The summed E-state index contributed by atoms with van der Waals surface area (Å²) in [4.78, 5) is 17.2. The Morgan fingerprint density at radius 2 is 1.79 bits per heavy atom. The minimum absolute atomic E-state index is 0.0630. The molecule has 1 heterocycles. The van der Waals surface area contributed by atoms with E-state index in [1.165, 1.54) is 36.0 Å². The molecule has 0 aliphatic carbocycles. The first-order valence-corrected chi connectivity index (χ1v) is 9.05. The van der Waals surface area contributed by atoms with Crippen LogP contribution in [0.5, 0.6) is 0 Å². The van der Waals surface area contributed by atoms with E-state index in [4.69, 9.17) is 0 Å². The van der Waals surface area contributed by atoms with Gasteiger partial charge in [-0.05, 0) is 29.8 Å². The Kier molecular flexibility index (Phi) is 5.89. The van der Waals surface area contributed by atoms with Crippen molar-refractivity contribution in [3.63, 3.8) is 0 Å². The summed E-state index contributed by atoms with van der Waals surface area (Å²) in [5, 5.41) is 3.27. The lowest BCUT2D eigenvalue weighted by atomic mass is 10.1. The summed E-state index contributed by atoms with van der Waals surface area (Å²) < 4.78 is 41.8. The van der Waals surface area contributed by atoms with E-state index in [-0.39, 0.29) is 5.56 Å². The third-order valence-electron chi connectivity index (χ3n) is 3.77. The van der Waals surface area contributed by atoms with Gasteiger partial charge in [0.2, 0.25) is 5.91 Å². The zero-order valence-electron chi connectivity index (χ0n) is 14.8. The minimum atomic E-state index is -4.64. The monoisotopic (exact) mass is 403 g/mol. The average Bonchev–Trinajstić information content (AvgIpc) is 3.06. The van der Waals surface area contributed by atoms with Crippen LogP contribution >= 0.6 is 11.8 Å². The van der Waals surface area contributed by atoms with Crippen molar-refractivity contribution in [1.29, 1.82) is 0 Å². The number of amides is 1. The molecule has 0 spiro atoms. The molecule has 1 aromatic heterocycles. The third kappa shape index (κ3) is 5.04. The fraction of sp³-hybridized carbons (Fsp3) is 0.100. The van der Waals surface area contributed by atoms with Gasteiger partial charge in [-0.3, -0.25) is 4.79 Å². The van der Waals surface area contributed by atoms with E-state index >= 15 is 0 Å². The Morgan fingerprint density at radius 1 is 1.11 bits per heavy atom. The molecule has 8 heteroatoms. The molecular weight excluding hydrogens is 387 g/mol. The summed E-state index contributed by atoms with van der Waals surface area (Å²) >= 11 is 1.44. The number of aryl methyl sites for hydroxylation is 1. The van der Waals surface area contributed by atoms with Crippen LogP contribution in [0.2, 0.25) is 0 Å². The second-order valence-electron chi connectivity index (χ2n) is 5.86. The number of alkyl halides is 3. The fourth-order valence-electron chi connectivity index (χ4n) is 2.42. The lowest BCUT2D eigenvalue weighted by Crippen LogP contribution is -2.16. The smallest absolute Gasteiger partial charge is 0.329 e. The number of hydrogen-bond acceptors (Lipinski definition) is 3. The molecular formula is C20H16F3N3OS. The van der Waals surface area contributed by atoms with Gasteiger partial charge in [0.05, 0.1) is 5.57 Å². The first-order valence-electron chi connectivity index (χ1n) is 8.23. The second-order valence-corrected chi connectivity index (χ2v) is 6.90. The molecule has 0 saturated heterocycles. The SMILES string of the molecule is Cn1ccnc1Sc1ccc(NC(=O)/C=C(/c2ccccc2)C(F)(F)F)cc1. The molecule has 0 aliphatic heterocycles. The summed E-state index contributed by atoms with van der Waals surface area (Å²) in [7, 11) is 1.88. The lowest BCUT2D eigenvalue weighted by molar-refractivity contribution is -0.112. The highest BCUT2D eigenvalue weighted by Gasteiger charge is 2.35. The van der Waals surface area contributed by atoms with Crippen LogP contribution in [0.4, 0.5) is 18.9 Å². The molecule has 3 rings (SSSR count). The second kappa shape index (κ2) is 8.35. The van der Waals surface area contributed by atoms with E-state index in [0.29, 0.717) is 11.8 Å². The first-order chi connectivity index (χ1) is 13.3. The molecule has 0 atom stereocenters. The molecule has 0 aliphatic rings. The van der Waals surface area contributed by atoms with Gasteiger partial charge in [-0.2, -0.15) is 13.2 Å². The quantitative estimate of drug-likeness (QED) is 0.599. The van der Waals surface area contributed by atoms with Gasteiger partial charge in [0.25, 0.3) is 0 Å². The Labute approximate surface area is 164 Å². The van der Waals surface area contributed by atoms with Crippen molar-refractivity contribution >= 4 is 28.9 Å². The van der Waals surface area contributed by atoms with Crippen molar-refractivity contribution in [3.05, 3.63) is 78.6 Å². The zero-order valence-corrected chi connectivity index (χ0v) is 15.6. The zero-order chi connectivity index (χ0) is 20.1. The molecule has 1 amide bonds. The normalized spacial score (nSPS) is 12.1. The molecule has 3 aromatic rings. The van der Waals surface area contributed by atoms with Gasteiger partial charge in [-0.1, -0.05) is 42.1 Å². The topological polar surface area (TPSA) is 46.9 Å². The van der Waals surface area contributed by atoms with Crippen molar-refractivity contribution in [2.45, 2.75) is 16.2 Å². The number of rotatable bonds is 5. The van der Waals surface area contributed by atoms with E-state index in [0.717, 1.165) is 10.1 Å². The summed E-state index contributed by atoms with van der Waals surface area (Å²) in [5.41, 5.74) is -0.653. The van der Waals surface area contributed by atoms with E-state index in [1.807, 2.05) is 17.8 Å². The van der Waals surface area contributed by atoms with Crippen LogP contribution in [-0.4, -0.2) is 21.6 Å². The Hall–Kier alpha value is -3.00. The molecule has 0 unspecified atom stereocenters. The highest BCUT2D eigenvalue weighted by molar-refractivity contribution is 7.99. The maximum atomic E-state index is 13.3. The number of nitrogens with zero attached hydrogens (tertiary/aromatic N) is 2. The number of carbonyl (C=O) groups excluding carboxylic acids is 1. The first kappa shape index (κ1) is 19.8. The molecule has 0 fully saturated rings. The molecule has 28 heavy (non-hydrogen) atoms. The van der Waals surface area contributed by atoms with Crippen LogP contribution in [0.25, 0.3) is 5.57 Å². The molecule has 4 nitrogen and oxygen atoms in total. The largest absolute Gasteiger partial charge is 0.417 e. The third-order valence-corrected chi connectivity index (χ3v) is 4.86. The number of anilines is 1. The molecule has 1 N–H and O–H groups in total. The van der Waals surface area contributed by atoms with Gasteiger partial charge < -0.3 is 9.88 Å². The fourth-order valence-corrected chi connectivity index (χ4v) is 3.22. The van der Waals surface area contributed by atoms with Gasteiger partial charge in [0, 0.05) is 36.1 Å². The predicted octanol–water partition coefficient (Wildman–Crippen LogP) is 5.16. The number of benzene rings is 2. The van der Waals surface area contributed by atoms with Crippen LogP contribution < -0.4 is 5.32 Å². The number of nitrogens with one attached hydrogen (secondary N) is 1. The van der Waals surface area contributed by atoms with Crippen molar-refractivity contribution in [2.75, 3.05) is 5.32 Å². The molecule has 0 saturated carbocycles. The number of imidazole rings is 1. The Bertz CT molecular complexity index is 980. The van der Waals surface area contributed by atoms with Crippen molar-refractivity contribution in [1.82, 2.24) is 9.55 Å². The van der Waals surface area contributed by atoms with Gasteiger partial charge >= 0.3 is 6.18 Å². The minimum Gasteiger partial charge on any atom is -0.329 e. The van der Waals surface area contributed by atoms with Gasteiger partial charge in [-0.25, -0.2) is 4.98 Å². The van der Waals surface area contributed by atoms with Crippen molar-refractivity contribution in [3.8, 4) is 0 Å². The number of halogens is 3.